The molecule has 0 spiro atoms. The Morgan fingerprint density at radius 2 is 2.14 bits per heavy atom. The molecule has 1 heterocycles. The molecule has 0 bridgehead atoms. The minimum absolute atomic E-state index is 0.0944. The average Bonchev–Trinajstić information content (AvgIpc) is 2.51. The second kappa shape index (κ2) is 9.74. The zero-order chi connectivity index (χ0) is 16.5. The number of thioether (sulfide) groups is 2. The lowest BCUT2D eigenvalue weighted by Crippen LogP contribution is -2.46. The maximum absolute atomic E-state index is 12.5. The van der Waals surface area contributed by atoms with E-state index in [0.717, 1.165) is 16.4 Å². The van der Waals surface area contributed by atoms with Gasteiger partial charge in [-0.1, -0.05) is 6.92 Å². The fourth-order valence-corrected chi connectivity index (χ4v) is 3.10. The van der Waals surface area contributed by atoms with Crippen LogP contribution in [0, 0.1) is 0 Å². The number of nitrogens with zero attached hydrogens (tertiary/aromatic N) is 2. The van der Waals surface area contributed by atoms with Gasteiger partial charge in [-0.15, -0.1) is 11.8 Å². The molecule has 1 aromatic rings. The summed E-state index contributed by atoms with van der Waals surface area (Å²) in [6.07, 6.45) is 4.18. The standard InChI is InChI=1S/C15H23N3O2S2/c1-5-22-12-7-6-9-16-13(12)14(19)17-11(8-10-21-4)15(20)18(2)3/h6-7,9,11H,5,8,10H2,1-4H3,(H,17,19)/t11-/m0/s1. The van der Waals surface area contributed by atoms with Gasteiger partial charge in [-0.2, -0.15) is 11.8 Å². The number of likely N-dealkylation sites (N-methyl/N-ethyl adjacent to an activating group) is 1. The van der Waals surface area contributed by atoms with Gasteiger partial charge in [-0.3, -0.25) is 9.59 Å². The Morgan fingerprint density at radius 3 is 2.73 bits per heavy atom. The van der Waals surface area contributed by atoms with Gasteiger partial charge in [-0.05, 0) is 36.3 Å². The second-order valence-corrected chi connectivity index (χ2v) is 7.11. The summed E-state index contributed by atoms with van der Waals surface area (Å²) in [5.74, 6) is 1.28. The third-order valence-electron chi connectivity index (χ3n) is 2.94. The number of nitrogens with one attached hydrogen (secondary N) is 1. The maximum atomic E-state index is 12.5. The van der Waals surface area contributed by atoms with Crippen molar-refractivity contribution in [3.8, 4) is 0 Å². The Balaban J connectivity index is 2.88. The number of carbonyl (C=O) groups excluding carboxylic acids is 2. The van der Waals surface area contributed by atoms with Gasteiger partial charge in [0.1, 0.15) is 11.7 Å². The SMILES string of the molecule is CCSc1cccnc1C(=O)N[C@@H](CCSC)C(=O)N(C)C. The molecule has 7 heteroatoms. The van der Waals surface area contributed by atoms with Crippen molar-refractivity contribution in [3.05, 3.63) is 24.0 Å². The number of rotatable bonds is 8. The first-order chi connectivity index (χ1) is 10.5. The summed E-state index contributed by atoms with van der Waals surface area (Å²) in [5, 5.41) is 2.83. The normalized spacial score (nSPS) is 11.8. The lowest BCUT2D eigenvalue weighted by molar-refractivity contribution is -0.130. The molecule has 0 aromatic carbocycles. The minimum Gasteiger partial charge on any atom is -0.347 e. The molecule has 0 radical (unpaired) electrons. The molecule has 5 nitrogen and oxygen atoms in total. The van der Waals surface area contributed by atoms with Crippen LogP contribution >= 0.6 is 23.5 Å². The molecule has 22 heavy (non-hydrogen) atoms. The highest BCUT2D eigenvalue weighted by Crippen LogP contribution is 2.20. The summed E-state index contributed by atoms with van der Waals surface area (Å²) in [7, 11) is 3.39. The summed E-state index contributed by atoms with van der Waals surface area (Å²) >= 11 is 3.22. The number of hydrogen-bond acceptors (Lipinski definition) is 5. The highest BCUT2D eigenvalue weighted by Gasteiger charge is 2.24. The van der Waals surface area contributed by atoms with Crippen LogP contribution in [0.1, 0.15) is 23.8 Å². The molecule has 1 atom stereocenters. The first-order valence-corrected chi connectivity index (χ1v) is 9.48. The van der Waals surface area contributed by atoms with Gasteiger partial charge < -0.3 is 10.2 Å². The summed E-state index contributed by atoms with van der Waals surface area (Å²) in [4.78, 5) is 31.2. The molecule has 2 amide bonds. The quantitative estimate of drug-likeness (QED) is 0.734. The summed E-state index contributed by atoms with van der Waals surface area (Å²) < 4.78 is 0. The van der Waals surface area contributed by atoms with Crippen LogP contribution in [0.3, 0.4) is 0 Å². The molecular formula is C15H23N3O2S2. The molecule has 0 unspecified atom stereocenters. The Labute approximate surface area is 140 Å². The van der Waals surface area contributed by atoms with E-state index in [1.54, 1.807) is 43.8 Å². The van der Waals surface area contributed by atoms with Gasteiger partial charge in [-0.25, -0.2) is 4.98 Å². The van der Waals surface area contributed by atoms with Crippen molar-refractivity contribution in [1.82, 2.24) is 15.2 Å². The van der Waals surface area contributed by atoms with E-state index in [2.05, 4.69) is 10.3 Å². The molecule has 1 N–H and O–H groups in total. The van der Waals surface area contributed by atoms with Crippen LogP contribution in [0.4, 0.5) is 0 Å². The van der Waals surface area contributed by atoms with Crippen molar-refractivity contribution in [2.45, 2.75) is 24.3 Å². The van der Waals surface area contributed by atoms with E-state index in [1.807, 2.05) is 25.3 Å². The monoisotopic (exact) mass is 341 g/mol. The fraction of sp³-hybridized carbons (Fsp3) is 0.533. The van der Waals surface area contributed by atoms with Crippen LogP contribution in [-0.4, -0.2) is 59.6 Å². The molecule has 1 rings (SSSR count). The summed E-state index contributed by atoms with van der Waals surface area (Å²) in [6.45, 7) is 2.02. The van der Waals surface area contributed by atoms with E-state index in [-0.39, 0.29) is 11.8 Å². The smallest absolute Gasteiger partial charge is 0.271 e. The topological polar surface area (TPSA) is 62.3 Å². The third kappa shape index (κ3) is 5.53. The van der Waals surface area contributed by atoms with Crippen molar-refractivity contribution in [3.63, 3.8) is 0 Å². The lowest BCUT2D eigenvalue weighted by Gasteiger charge is -2.21. The number of amides is 2. The van der Waals surface area contributed by atoms with E-state index in [4.69, 9.17) is 0 Å². The average molecular weight is 342 g/mol. The summed E-state index contributed by atoms with van der Waals surface area (Å²) in [6, 6.07) is 3.17. The number of pyridine rings is 1. The van der Waals surface area contributed by atoms with E-state index < -0.39 is 6.04 Å². The van der Waals surface area contributed by atoms with Crippen molar-refractivity contribution >= 4 is 35.3 Å². The molecule has 0 saturated carbocycles. The van der Waals surface area contributed by atoms with Crippen LogP contribution in [0.5, 0.6) is 0 Å². The van der Waals surface area contributed by atoms with Crippen LogP contribution in [0.2, 0.25) is 0 Å². The van der Waals surface area contributed by atoms with Crippen LogP contribution in [0.25, 0.3) is 0 Å². The largest absolute Gasteiger partial charge is 0.347 e. The number of carbonyl (C=O) groups is 2. The molecule has 0 fully saturated rings. The lowest BCUT2D eigenvalue weighted by atomic mass is 10.2. The van der Waals surface area contributed by atoms with E-state index in [1.165, 1.54) is 4.90 Å². The van der Waals surface area contributed by atoms with Crippen LogP contribution < -0.4 is 5.32 Å². The van der Waals surface area contributed by atoms with Gasteiger partial charge in [0.05, 0.1) is 0 Å². The molecule has 0 aliphatic carbocycles. The third-order valence-corrected chi connectivity index (χ3v) is 4.51. The molecule has 0 aliphatic rings. The molecule has 0 aliphatic heterocycles. The van der Waals surface area contributed by atoms with E-state index >= 15 is 0 Å². The Hall–Kier alpha value is -1.21. The highest BCUT2D eigenvalue weighted by atomic mass is 32.2. The second-order valence-electron chi connectivity index (χ2n) is 4.82. The van der Waals surface area contributed by atoms with Gasteiger partial charge >= 0.3 is 0 Å². The maximum Gasteiger partial charge on any atom is 0.271 e. The Bertz CT molecular complexity index is 509. The first kappa shape index (κ1) is 18.8. The molecule has 0 saturated heterocycles. The van der Waals surface area contributed by atoms with Crippen molar-refractivity contribution in [1.29, 1.82) is 0 Å². The predicted octanol–water partition coefficient (Wildman–Crippen LogP) is 2.13. The zero-order valence-electron chi connectivity index (χ0n) is 13.5. The molecule has 122 valence electrons. The Morgan fingerprint density at radius 1 is 1.41 bits per heavy atom. The number of hydrogen-bond donors (Lipinski definition) is 1. The van der Waals surface area contributed by atoms with Gasteiger partial charge in [0.25, 0.3) is 5.91 Å². The van der Waals surface area contributed by atoms with Crippen molar-refractivity contribution in [2.75, 3.05) is 31.9 Å². The zero-order valence-corrected chi connectivity index (χ0v) is 15.1. The van der Waals surface area contributed by atoms with Gasteiger partial charge in [0, 0.05) is 25.2 Å². The van der Waals surface area contributed by atoms with Crippen molar-refractivity contribution in [2.24, 2.45) is 0 Å². The van der Waals surface area contributed by atoms with Crippen LogP contribution in [-0.2, 0) is 4.79 Å². The fourth-order valence-electron chi connectivity index (χ4n) is 1.86. The number of aromatic nitrogens is 1. The molecular weight excluding hydrogens is 318 g/mol. The van der Waals surface area contributed by atoms with Gasteiger partial charge in [0.2, 0.25) is 5.91 Å². The summed E-state index contributed by atoms with van der Waals surface area (Å²) in [5.41, 5.74) is 0.384. The van der Waals surface area contributed by atoms with E-state index in [0.29, 0.717) is 12.1 Å². The predicted molar refractivity (Wildman–Crippen MR) is 93.6 cm³/mol. The first-order valence-electron chi connectivity index (χ1n) is 7.10. The highest BCUT2D eigenvalue weighted by molar-refractivity contribution is 7.99. The Kier molecular flexibility index (Phi) is 8.34. The minimum atomic E-state index is -0.517. The molecule has 1 aromatic heterocycles. The van der Waals surface area contributed by atoms with Crippen molar-refractivity contribution < 1.29 is 9.59 Å². The van der Waals surface area contributed by atoms with Crippen LogP contribution in [0.15, 0.2) is 23.2 Å². The van der Waals surface area contributed by atoms with Gasteiger partial charge in [0.15, 0.2) is 0 Å². The van der Waals surface area contributed by atoms with E-state index in [9.17, 15) is 9.59 Å².